The topological polar surface area (TPSA) is 4.93 Å². The smallest absolute Gasteiger partial charge is 0.0310 e. The maximum Gasteiger partial charge on any atom is 0.0310 e. The minimum absolute atomic E-state index is 0.219. The lowest BCUT2D eigenvalue weighted by Gasteiger charge is -2.28. The van der Waals surface area contributed by atoms with Crippen molar-refractivity contribution in [2.75, 3.05) is 0 Å². The third-order valence-electron chi connectivity index (χ3n) is 6.10. The SMILES string of the molecule is Cn1c(C([C]2[CH][CH][CH][CH]2)c2ccccc2)ccc1C([C]1[CH][CH][CH][CH]1)c1ccccc1. The first-order chi connectivity index (χ1) is 14.8. The van der Waals surface area contributed by atoms with Gasteiger partial charge in [0.1, 0.15) is 0 Å². The van der Waals surface area contributed by atoms with Crippen LogP contribution in [0.2, 0.25) is 0 Å². The van der Waals surface area contributed by atoms with Crippen LogP contribution in [0.3, 0.4) is 0 Å². The lowest BCUT2D eigenvalue weighted by Crippen LogP contribution is -2.18. The van der Waals surface area contributed by atoms with Crippen molar-refractivity contribution in [1.82, 2.24) is 4.57 Å². The van der Waals surface area contributed by atoms with Crippen molar-refractivity contribution in [1.29, 1.82) is 0 Å². The number of aromatic nitrogens is 1. The fourth-order valence-corrected chi connectivity index (χ4v) is 4.64. The molecule has 2 aliphatic carbocycles. The molecule has 5 rings (SSSR count). The molecule has 2 unspecified atom stereocenters. The number of hydrogen-bond donors (Lipinski definition) is 0. The second kappa shape index (κ2) is 8.84. The van der Waals surface area contributed by atoms with Crippen molar-refractivity contribution in [2.45, 2.75) is 11.8 Å². The van der Waals surface area contributed by atoms with Crippen LogP contribution in [0.1, 0.15) is 34.4 Å². The molecule has 1 heteroatoms. The van der Waals surface area contributed by atoms with Crippen molar-refractivity contribution < 1.29 is 0 Å². The molecule has 146 valence electrons. The first kappa shape index (κ1) is 19.7. The molecule has 1 nitrogen and oxygen atoms in total. The van der Waals surface area contributed by atoms with Crippen LogP contribution in [0, 0.1) is 63.2 Å². The van der Waals surface area contributed by atoms with Gasteiger partial charge in [0, 0.05) is 30.3 Å². The Balaban J connectivity index is 1.57. The van der Waals surface area contributed by atoms with Crippen LogP contribution in [0.15, 0.2) is 72.8 Å². The molecular formula is C29H25N. The van der Waals surface area contributed by atoms with Crippen molar-refractivity contribution in [3.63, 3.8) is 0 Å². The third-order valence-corrected chi connectivity index (χ3v) is 6.10. The van der Waals surface area contributed by atoms with Crippen LogP contribution in [0.4, 0.5) is 0 Å². The van der Waals surface area contributed by atoms with Crippen molar-refractivity contribution in [3.8, 4) is 0 Å². The van der Waals surface area contributed by atoms with Crippen LogP contribution < -0.4 is 0 Å². The van der Waals surface area contributed by atoms with Gasteiger partial charge in [-0.3, -0.25) is 0 Å². The number of hydrogen-bond acceptors (Lipinski definition) is 0. The molecule has 0 N–H and O–H groups in total. The lowest BCUT2D eigenvalue weighted by molar-refractivity contribution is 0.695. The largest absolute Gasteiger partial charge is 0.350 e. The van der Waals surface area contributed by atoms with E-state index in [1.165, 1.54) is 34.4 Å². The minimum Gasteiger partial charge on any atom is -0.350 e. The highest BCUT2D eigenvalue weighted by atomic mass is 15.0. The van der Waals surface area contributed by atoms with Crippen LogP contribution in [0.25, 0.3) is 0 Å². The molecule has 2 aliphatic rings. The van der Waals surface area contributed by atoms with Gasteiger partial charge in [0.2, 0.25) is 0 Å². The van der Waals surface area contributed by atoms with Gasteiger partial charge in [-0.05, 0) is 86.5 Å². The van der Waals surface area contributed by atoms with E-state index >= 15 is 0 Å². The van der Waals surface area contributed by atoms with Gasteiger partial charge < -0.3 is 4.57 Å². The zero-order valence-corrected chi connectivity index (χ0v) is 17.1. The molecule has 0 spiro atoms. The van der Waals surface area contributed by atoms with E-state index in [1.54, 1.807) is 0 Å². The van der Waals surface area contributed by atoms with Gasteiger partial charge in [-0.15, -0.1) is 0 Å². The maximum absolute atomic E-state index is 2.40. The Kier molecular flexibility index (Phi) is 5.79. The first-order valence-electron chi connectivity index (χ1n) is 10.5. The summed E-state index contributed by atoms with van der Waals surface area (Å²) in [6.45, 7) is 0. The molecule has 2 fully saturated rings. The van der Waals surface area contributed by atoms with Gasteiger partial charge in [0.15, 0.2) is 0 Å². The molecule has 1 heterocycles. The molecule has 0 bridgehead atoms. The van der Waals surface area contributed by atoms with Crippen LogP contribution >= 0.6 is 0 Å². The van der Waals surface area contributed by atoms with Gasteiger partial charge >= 0.3 is 0 Å². The minimum atomic E-state index is 0.219. The fraction of sp³-hybridized carbons (Fsp3) is 0.103. The van der Waals surface area contributed by atoms with E-state index in [9.17, 15) is 0 Å². The molecule has 0 aliphatic heterocycles. The summed E-state index contributed by atoms with van der Waals surface area (Å²) in [5.74, 6) is 3.10. The predicted octanol–water partition coefficient (Wildman–Crippen LogP) is 6.10. The molecule has 2 saturated carbocycles. The summed E-state index contributed by atoms with van der Waals surface area (Å²) >= 11 is 0. The molecule has 0 saturated heterocycles. The highest BCUT2D eigenvalue weighted by Gasteiger charge is 2.34. The Hall–Kier alpha value is -2.28. The summed E-state index contributed by atoms with van der Waals surface area (Å²) in [6.07, 6.45) is 17.5. The number of rotatable bonds is 6. The molecule has 10 radical (unpaired) electrons. The van der Waals surface area contributed by atoms with Crippen LogP contribution in [-0.2, 0) is 7.05 Å². The summed E-state index contributed by atoms with van der Waals surface area (Å²) < 4.78 is 2.40. The molecule has 2 atom stereocenters. The van der Waals surface area contributed by atoms with E-state index in [0.717, 1.165) is 0 Å². The van der Waals surface area contributed by atoms with E-state index in [4.69, 9.17) is 0 Å². The molecule has 30 heavy (non-hydrogen) atoms. The zero-order chi connectivity index (χ0) is 20.3. The van der Waals surface area contributed by atoms with Crippen molar-refractivity contribution >= 4 is 0 Å². The second-order valence-corrected chi connectivity index (χ2v) is 7.87. The first-order valence-corrected chi connectivity index (χ1v) is 10.5. The lowest BCUT2D eigenvalue weighted by atomic mass is 9.82. The molecule has 0 amide bonds. The summed E-state index contributed by atoms with van der Waals surface area (Å²) in [7, 11) is 2.21. The molecule has 2 aromatic carbocycles. The average molecular weight is 388 g/mol. The normalized spacial score (nSPS) is 19.9. The van der Waals surface area contributed by atoms with E-state index in [2.05, 4.69) is 136 Å². The van der Waals surface area contributed by atoms with Crippen molar-refractivity contribution in [3.05, 3.63) is 159 Å². The Morgan fingerprint density at radius 3 is 1.23 bits per heavy atom. The quantitative estimate of drug-likeness (QED) is 0.482. The summed E-state index contributed by atoms with van der Waals surface area (Å²) in [5.41, 5.74) is 5.27. The summed E-state index contributed by atoms with van der Waals surface area (Å²) in [5, 5.41) is 0. The zero-order valence-electron chi connectivity index (χ0n) is 17.1. The Labute approximate surface area is 182 Å². The Morgan fingerprint density at radius 1 is 0.500 bits per heavy atom. The average Bonchev–Trinajstić information content (AvgIpc) is 3.56. The predicted molar refractivity (Wildman–Crippen MR) is 123 cm³/mol. The van der Waals surface area contributed by atoms with Crippen LogP contribution in [0.5, 0.6) is 0 Å². The number of benzene rings is 2. The summed E-state index contributed by atoms with van der Waals surface area (Å²) in [6, 6.07) is 26.2. The van der Waals surface area contributed by atoms with Crippen LogP contribution in [-0.4, -0.2) is 4.57 Å². The fourth-order valence-electron chi connectivity index (χ4n) is 4.64. The van der Waals surface area contributed by atoms with Gasteiger partial charge in [-0.1, -0.05) is 60.7 Å². The molecule has 1 aromatic heterocycles. The van der Waals surface area contributed by atoms with Crippen molar-refractivity contribution in [2.24, 2.45) is 7.05 Å². The molecule has 3 aromatic rings. The molecular weight excluding hydrogens is 362 g/mol. The monoisotopic (exact) mass is 387 g/mol. The Bertz CT molecular complexity index is 850. The number of nitrogens with zero attached hydrogens (tertiary/aromatic N) is 1. The summed E-state index contributed by atoms with van der Waals surface area (Å²) in [4.78, 5) is 0. The standard InChI is InChI=1S/C29H25N/c1-30-26(28(24-16-8-9-17-24)22-12-4-2-5-13-22)20-21-27(30)29(25-18-10-11-19-25)23-14-6-3-7-15-23/h2-21,28-29H,1H3. The maximum atomic E-state index is 2.40. The third kappa shape index (κ3) is 3.75. The second-order valence-electron chi connectivity index (χ2n) is 7.87. The highest BCUT2D eigenvalue weighted by Crippen LogP contribution is 2.45. The van der Waals surface area contributed by atoms with Gasteiger partial charge in [0.05, 0.1) is 0 Å². The van der Waals surface area contributed by atoms with E-state index in [1.807, 2.05) is 0 Å². The van der Waals surface area contributed by atoms with E-state index < -0.39 is 0 Å². The Morgan fingerprint density at radius 2 is 0.867 bits per heavy atom. The van der Waals surface area contributed by atoms with Gasteiger partial charge in [-0.2, -0.15) is 0 Å². The van der Waals surface area contributed by atoms with Gasteiger partial charge in [-0.25, -0.2) is 0 Å². The highest BCUT2D eigenvalue weighted by molar-refractivity contribution is 5.52. The van der Waals surface area contributed by atoms with E-state index in [0.29, 0.717) is 0 Å². The van der Waals surface area contributed by atoms with E-state index in [-0.39, 0.29) is 11.8 Å². The van der Waals surface area contributed by atoms with Gasteiger partial charge in [0.25, 0.3) is 0 Å².